The van der Waals surface area contributed by atoms with Gasteiger partial charge in [-0.15, -0.1) is 0 Å². The summed E-state index contributed by atoms with van der Waals surface area (Å²) in [5.74, 6) is -0.452. The lowest BCUT2D eigenvalue weighted by Crippen LogP contribution is -2.50. The lowest BCUT2D eigenvalue weighted by Gasteiger charge is -2.29. The van der Waals surface area contributed by atoms with E-state index in [4.69, 9.17) is 9.57 Å². The summed E-state index contributed by atoms with van der Waals surface area (Å²) < 4.78 is 5.04. The molecule has 32 heavy (non-hydrogen) atoms. The van der Waals surface area contributed by atoms with Gasteiger partial charge in [-0.2, -0.15) is 5.06 Å². The highest BCUT2D eigenvalue weighted by Gasteiger charge is 2.54. The molecular formula is C24H26N4O4. The summed E-state index contributed by atoms with van der Waals surface area (Å²) >= 11 is 0. The van der Waals surface area contributed by atoms with Crippen molar-refractivity contribution < 1.29 is 19.2 Å². The first kappa shape index (κ1) is 20.5. The van der Waals surface area contributed by atoms with Crippen molar-refractivity contribution in [2.75, 3.05) is 26.7 Å². The van der Waals surface area contributed by atoms with E-state index in [1.807, 2.05) is 48.5 Å². The van der Waals surface area contributed by atoms with Crippen LogP contribution in [0.4, 0.5) is 4.79 Å². The monoisotopic (exact) mass is 434 g/mol. The molecule has 3 aliphatic heterocycles. The van der Waals surface area contributed by atoms with Gasteiger partial charge in [0.1, 0.15) is 12.6 Å². The van der Waals surface area contributed by atoms with Crippen molar-refractivity contribution >= 4 is 12.0 Å². The van der Waals surface area contributed by atoms with Crippen LogP contribution in [-0.4, -0.2) is 65.8 Å². The molecule has 2 aromatic rings. The third kappa shape index (κ3) is 3.72. The quantitative estimate of drug-likeness (QED) is 0.673. The highest BCUT2D eigenvalue weighted by molar-refractivity contribution is 5.89. The molecular weight excluding hydrogens is 408 g/mol. The molecule has 2 aromatic carbocycles. The highest BCUT2D eigenvalue weighted by Crippen LogP contribution is 2.37. The fourth-order valence-electron chi connectivity index (χ4n) is 4.58. The number of amides is 2. The molecule has 2 bridgehead atoms. The molecule has 1 N–H and O–H groups in total. The minimum atomic E-state index is -0.786. The van der Waals surface area contributed by atoms with Gasteiger partial charge in [-0.05, 0) is 23.1 Å². The molecule has 3 heterocycles. The second kappa shape index (κ2) is 8.64. The number of nitrogens with zero attached hydrogens (tertiary/aromatic N) is 3. The lowest BCUT2D eigenvalue weighted by molar-refractivity contribution is -0.145. The zero-order chi connectivity index (χ0) is 22.1. The zero-order valence-corrected chi connectivity index (χ0v) is 17.9. The molecule has 5 rings (SSSR count). The van der Waals surface area contributed by atoms with E-state index in [0.29, 0.717) is 13.1 Å². The number of ether oxygens (including phenoxy) is 1. The highest BCUT2D eigenvalue weighted by atomic mass is 16.7. The molecule has 0 aliphatic carbocycles. The van der Waals surface area contributed by atoms with Crippen molar-refractivity contribution in [2.45, 2.75) is 25.1 Å². The number of rotatable bonds is 7. The number of hydrogen-bond acceptors (Lipinski definition) is 6. The number of benzene rings is 2. The number of methoxy groups -OCH3 is 1. The minimum Gasteiger partial charge on any atom is -0.467 e. The van der Waals surface area contributed by atoms with Crippen molar-refractivity contribution in [1.29, 1.82) is 0 Å². The molecule has 8 nitrogen and oxygen atoms in total. The van der Waals surface area contributed by atoms with Gasteiger partial charge in [0.25, 0.3) is 0 Å². The Morgan fingerprint density at radius 1 is 1.06 bits per heavy atom. The van der Waals surface area contributed by atoms with Gasteiger partial charge in [-0.1, -0.05) is 60.7 Å². The number of carbonyl (C=O) groups excluding carboxylic acids is 2. The van der Waals surface area contributed by atoms with E-state index in [1.54, 1.807) is 0 Å². The van der Waals surface area contributed by atoms with E-state index in [1.165, 1.54) is 22.6 Å². The van der Waals surface area contributed by atoms with Gasteiger partial charge >= 0.3 is 12.0 Å². The van der Waals surface area contributed by atoms with Crippen LogP contribution in [0.15, 0.2) is 71.9 Å². The van der Waals surface area contributed by atoms with Gasteiger partial charge in [0.2, 0.25) is 0 Å². The SMILES string of the molecule is COC(=O)[C@@H]1C2=C(CN(CCc3ccccc3)N2)[C@H]2CN1C(=O)N2OCc1ccccc1. The summed E-state index contributed by atoms with van der Waals surface area (Å²) in [6.07, 6.45) is 0.874. The minimum absolute atomic E-state index is 0.239. The van der Waals surface area contributed by atoms with E-state index >= 15 is 0 Å². The van der Waals surface area contributed by atoms with E-state index in [0.717, 1.165) is 29.8 Å². The molecule has 2 atom stereocenters. The fourth-order valence-corrected chi connectivity index (χ4v) is 4.58. The van der Waals surface area contributed by atoms with Gasteiger partial charge in [0, 0.05) is 13.1 Å². The van der Waals surface area contributed by atoms with Crippen LogP contribution < -0.4 is 5.43 Å². The molecule has 0 saturated carbocycles. The van der Waals surface area contributed by atoms with Crippen LogP contribution in [0.5, 0.6) is 0 Å². The largest absolute Gasteiger partial charge is 0.467 e. The summed E-state index contributed by atoms with van der Waals surface area (Å²) in [5, 5.41) is 3.52. The van der Waals surface area contributed by atoms with Crippen LogP contribution in [0.2, 0.25) is 0 Å². The maximum atomic E-state index is 13.1. The summed E-state index contributed by atoms with van der Waals surface area (Å²) in [6.45, 7) is 2.08. The first-order valence-corrected chi connectivity index (χ1v) is 10.8. The second-order valence-corrected chi connectivity index (χ2v) is 8.17. The Bertz CT molecular complexity index is 1030. The number of urea groups is 1. The topological polar surface area (TPSA) is 74.4 Å². The Hall–Kier alpha value is -3.36. The van der Waals surface area contributed by atoms with E-state index in [9.17, 15) is 9.59 Å². The number of nitrogens with one attached hydrogen (secondary N) is 1. The lowest BCUT2D eigenvalue weighted by atomic mass is 9.97. The van der Waals surface area contributed by atoms with Crippen molar-refractivity contribution in [3.05, 3.63) is 83.1 Å². The summed E-state index contributed by atoms with van der Waals surface area (Å²) in [6, 6.07) is 18.7. The van der Waals surface area contributed by atoms with Crippen LogP contribution >= 0.6 is 0 Å². The van der Waals surface area contributed by atoms with Crippen molar-refractivity contribution in [3.8, 4) is 0 Å². The van der Waals surface area contributed by atoms with Crippen molar-refractivity contribution in [3.63, 3.8) is 0 Å². The van der Waals surface area contributed by atoms with Gasteiger partial charge < -0.3 is 15.1 Å². The molecule has 8 heteroatoms. The standard InChI is InChI=1S/C24H26N4O4/c1-31-23(29)22-21-19(14-26(25-21)13-12-17-8-4-2-5-9-17)20-15-27(22)24(30)28(20)32-16-18-10-6-3-7-11-18/h2-11,20,22,25H,12-16H2,1H3/t20-,22+/m1/s1. The predicted octanol–water partition coefficient (Wildman–Crippen LogP) is 2.10. The Labute approximate surface area is 186 Å². The summed E-state index contributed by atoms with van der Waals surface area (Å²) in [5.41, 5.74) is 7.34. The maximum Gasteiger partial charge on any atom is 0.345 e. The summed E-state index contributed by atoms with van der Waals surface area (Å²) in [4.78, 5) is 33.3. The first-order valence-electron chi connectivity index (χ1n) is 10.8. The number of fused-ring (bicyclic) bond motifs is 3. The normalized spacial score (nSPS) is 22.2. The van der Waals surface area contributed by atoms with Gasteiger partial charge in [0.15, 0.2) is 6.04 Å². The molecule has 0 unspecified atom stereocenters. The van der Waals surface area contributed by atoms with Crippen LogP contribution in [0.3, 0.4) is 0 Å². The Balaban J connectivity index is 1.34. The van der Waals surface area contributed by atoms with Crippen LogP contribution in [0.1, 0.15) is 11.1 Å². The molecule has 1 fully saturated rings. The first-order chi connectivity index (χ1) is 15.7. The average Bonchev–Trinajstić information content (AvgIpc) is 3.38. The number of hydroxylamine groups is 2. The van der Waals surface area contributed by atoms with E-state index in [2.05, 4.69) is 22.6 Å². The average molecular weight is 434 g/mol. The molecule has 0 spiro atoms. The van der Waals surface area contributed by atoms with Crippen LogP contribution in [0, 0.1) is 0 Å². The fraction of sp³-hybridized carbons (Fsp3) is 0.333. The zero-order valence-electron chi connectivity index (χ0n) is 17.9. The van der Waals surface area contributed by atoms with E-state index < -0.39 is 12.0 Å². The van der Waals surface area contributed by atoms with Crippen molar-refractivity contribution in [2.24, 2.45) is 0 Å². The Kier molecular flexibility index (Phi) is 5.55. The van der Waals surface area contributed by atoms with E-state index in [-0.39, 0.29) is 18.7 Å². The molecule has 0 aromatic heterocycles. The molecule has 0 radical (unpaired) electrons. The number of carbonyl (C=O) groups is 2. The number of hydrogen-bond donors (Lipinski definition) is 1. The Morgan fingerprint density at radius 3 is 2.44 bits per heavy atom. The molecule has 166 valence electrons. The molecule has 2 amide bonds. The molecule has 1 saturated heterocycles. The van der Waals surface area contributed by atoms with Crippen LogP contribution in [-0.2, 0) is 27.4 Å². The molecule has 3 aliphatic rings. The van der Waals surface area contributed by atoms with Crippen molar-refractivity contribution in [1.82, 2.24) is 20.4 Å². The van der Waals surface area contributed by atoms with Gasteiger partial charge in [-0.3, -0.25) is 4.84 Å². The number of hydrazine groups is 1. The third-order valence-electron chi connectivity index (χ3n) is 6.21. The van der Waals surface area contributed by atoms with Crippen LogP contribution in [0.25, 0.3) is 0 Å². The predicted molar refractivity (Wildman–Crippen MR) is 117 cm³/mol. The third-order valence-corrected chi connectivity index (χ3v) is 6.21. The van der Waals surface area contributed by atoms with Gasteiger partial charge in [-0.25, -0.2) is 14.6 Å². The Morgan fingerprint density at radius 2 is 1.75 bits per heavy atom. The second-order valence-electron chi connectivity index (χ2n) is 8.17. The summed E-state index contributed by atoms with van der Waals surface area (Å²) in [7, 11) is 1.35. The maximum absolute atomic E-state index is 13.1. The van der Waals surface area contributed by atoms with Gasteiger partial charge in [0.05, 0.1) is 19.4 Å². The number of esters is 1. The smallest absolute Gasteiger partial charge is 0.345 e.